The van der Waals surface area contributed by atoms with E-state index in [9.17, 15) is 4.79 Å². The van der Waals surface area contributed by atoms with Crippen molar-refractivity contribution in [1.82, 2.24) is 5.32 Å². The van der Waals surface area contributed by atoms with E-state index in [1.807, 2.05) is 30.3 Å². The number of carbonyl (C=O) groups is 1. The lowest BCUT2D eigenvalue weighted by Gasteiger charge is -2.20. The Labute approximate surface area is 149 Å². The number of amides is 1. The topological polar surface area (TPSA) is 29.1 Å². The second-order valence-corrected chi connectivity index (χ2v) is 8.64. The van der Waals surface area contributed by atoms with Crippen LogP contribution < -0.4 is 5.32 Å². The van der Waals surface area contributed by atoms with Gasteiger partial charge in [0.2, 0.25) is 5.91 Å². The molecule has 3 heteroatoms. The van der Waals surface area contributed by atoms with E-state index in [0.29, 0.717) is 6.04 Å². The number of hydrogen-bond donors (Lipinski definition) is 1. The maximum absolute atomic E-state index is 12.7. The molecule has 1 N–H and O–H groups in total. The zero-order valence-corrected chi connectivity index (χ0v) is 15.4. The van der Waals surface area contributed by atoms with Gasteiger partial charge in [0.05, 0.1) is 0 Å². The predicted molar refractivity (Wildman–Crippen MR) is 101 cm³/mol. The van der Waals surface area contributed by atoms with Gasteiger partial charge in [0, 0.05) is 10.9 Å². The molecule has 3 rings (SSSR count). The predicted octanol–water partition coefficient (Wildman–Crippen LogP) is 5.10. The van der Waals surface area contributed by atoms with Crippen LogP contribution in [0.2, 0.25) is 0 Å². The third kappa shape index (κ3) is 4.41. The summed E-state index contributed by atoms with van der Waals surface area (Å²) in [5, 5.41) is 2.95. The molecule has 0 radical (unpaired) electrons. The van der Waals surface area contributed by atoms with E-state index in [4.69, 9.17) is 0 Å². The Kier molecular flexibility index (Phi) is 5.00. The number of thioether (sulfide) groups is 1. The summed E-state index contributed by atoms with van der Waals surface area (Å²) in [6, 6.07) is 19.0. The molecule has 0 heterocycles. The van der Waals surface area contributed by atoms with Crippen LogP contribution in [0.4, 0.5) is 0 Å². The summed E-state index contributed by atoms with van der Waals surface area (Å²) in [5.41, 5.74) is 2.51. The van der Waals surface area contributed by atoms with Crippen LogP contribution in [0.5, 0.6) is 0 Å². The van der Waals surface area contributed by atoms with Crippen molar-refractivity contribution in [2.24, 2.45) is 0 Å². The van der Waals surface area contributed by atoms with Crippen LogP contribution in [0.1, 0.15) is 50.0 Å². The molecule has 1 aliphatic carbocycles. The highest BCUT2D eigenvalue weighted by atomic mass is 32.2. The normalized spacial score (nSPS) is 15.8. The van der Waals surface area contributed by atoms with Crippen molar-refractivity contribution >= 4 is 17.7 Å². The molecule has 0 spiro atoms. The molecule has 2 aromatic rings. The number of nitrogens with one attached hydrogen (secondary N) is 1. The minimum Gasteiger partial charge on any atom is -0.352 e. The molecular weight excluding hydrogens is 314 g/mol. The lowest BCUT2D eigenvalue weighted by atomic mass is 9.87. The van der Waals surface area contributed by atoms with Crippen molar-refractivity contribution in [2.75, 3.05) is 0 Å². The largest absolute Gasteiger partial charge is 0.352 e. The Morgan fingerprint density at radius 1 is 1.04 bits per heavy atom. The second-order valence-electron chi connectivity index (χ2n) is 7.47. The Morgan fingerprint density at radius 3 is 2.21 bits per heavy atom. The molecule has 0 aliphatic heterocycles. The van der Waals surface area contributed by atoms with Gasteiger partial charge in [-0.05, 0) is 41.5 Å². The molecular formula is C21H25NOS. The maximum atomic E-state index is 12.7. The first-order valence-corrected chi connectivity index (χ1v) is 9.44. The average molecular weight is 340 g/mol. The fourth-order valence-corrected chi connectivity index (χ4v) is 3.61. The van der Waals surface area contributed by atoms with Gasteiger partial charge in [-0.1, -0.05) is 63.2 Å². The van der Waals surface area contributed by atoms with E-state index in [1.165, 1.54) is 5.56 Å². The van der Waals surface area contributed by atoms with Gasteiger partial charge in [-0.2, -0.15) is 0 Å². The highest BCUT2D eigenvalue weighted by Crippen LogP contribution is 2.37. The monoisotopic (exact) mass is 339 g/mol. The van der Waals surface area contributed by atoms with Gasteiger partial charge in [0.1, 0.15) is 5.25 Å². The van der Waals surface area contributed by atoms with Crippen LogP contribution >= 0.6 is 11.8 Å². The summed E-state index contributed by atoms with van der Waals surface area (Å²) in [6.45, 7) is 6.64. The van der Waals surface area contributed by atoms with Gasteiger partial charge in [-0.15, -0.1) is 11.8 Å². The molecule has 0 saturated heterocycles. The number of carbonyl (C=O) groups excluding carboxylic acids is 1. The molecule has 0 bridgehead atoms. The highest BCUT2D eigenvalue weighted by molar-refractivity contribution is 8.00. The van der Waals surface area contributed by atoms with Gasteiger partial charge < -0.3 is 5.32 Å². The van der Waals surface area contributed by atoms with E-state index >= 15 is 0 Å². The van der Waals surface area contributed by atoms with Gasteiger partial charge >= 0.3 is 0 Å². The van der Waals surface area contributed by atoms with Gasteiger partial charge in [0.15, 0.2) is 0 Å². The summed E-state index contributed by atoms with van der Waals surface area (Å²) in [6.07, 6.45) is 2.22. The Hall–Kier alpha value is -1.74. The molecule has 24 heavy (non-hydrogen) atoms. The van der Waals surface area contributed by atoms with E-state index in [2.05, 4.69) is 50.4 Å². The van der Waals surface area contributed by atoms with E-state index in [0.717, 1.165) is 23.3 Å². The maximum Gasteiger partial charge on any atom is 0.238 e. The molecule has 1 saturated carbocycles. The van der Waals surface area contributed by atoms with Crippen LogP contribution in [0.3, 0.4) is 0 Å². The molecule has 1 atom stereocenters. The molecule has 0 aromatic heterocycles. The fourth-order valence-electron chi connectivity index (χ4n) is 2.57. The van der Waals surface area contributed by atoms with Crippen LogP contribution in [-0.2, 0) is 10.2 Å². The Bertz CT molecular complexity index is 684. The molecule has 1 unspecified atom stereocenters. The van der Waals surface area contributed by atoms with Crippen LogP contribution in [0.25, 0.3) is 0 Å². The van der Waals surface area contributed by atoms with Crippen molar-refractivity contribution in [1.29, 1.82) is 0 Å². The van der Waals surface area contributed by atoms with E-state index in [1.54, 1.807) is 11.8 Å². The second kappa shape index (κ2) is 7.02. The third-order valence-corrected chi connectivity index (χ3v) is 5.50. The van der Waals surface area contributed by atoms with E-state index < -0.39 is 0 Å². The van der Waals surface area contributed by atoms with Crippen molar-refractivity contribution in [3.05, 3.63) is 65.7 Å². The quantitative estimate of drug-likeness (QED) is 0.768. The van der Waals surface area contributed by atoms with Crippen molar-refractivity contribution < 1.29 is 4.79 Å². The van der Waals surface area contributed by atoms with Gasteiger partial charge in [-0.25, -0.2) is 0 Å². The molecule has 1 amide bonds. The Morgan fingerprint density at radius 2 is 1.67 bits per heavy atom. The minimum atomic E-state index is -0.202. The first-order valence-electron chi connectivity index (χ1n) is 8.56. The molecule has 2 nitrogen and oxygen atoms in total. The van der Waals surface area contributed by atoms with Crippen LogP contribution in [0.15, 0.2) is 59.5 Å². The highest BCUT2D eigenvalue weighted by Gasteiger charge is 2.29. The summed E-state index contributed by atoms with van der Waals surface area (Å²) in [5.74, 6) is 0.119. The average Bonchev–Trinajstić information content (AvgIpc) is 3.37. The molecule has 2 aromatic carbocycles. The Balaban J connectivity index is 1.79. The van der Waals surface area contributed by atoms with Crippen molar-refractivity contribution in [3.63, 3.8) is 0 Å². The van der Waals surface area contributed by atoms with E-state index in [-0.39, 0.29) is 16.6 Å². The fraction of sp³-hybridized carbons (Fsp3) is 0.381. The summed E-state index contributed by atoms with van der Waals surface area (Å²) in [4.78, 5) is 13.8. The third-order valence-electron chi connectivity index (χ3n) is 4.24. The van der Waals surface area contributed by atoms with Gasteiger partial charge in [0.25, 0.3) is 0 Å². The summed E-state index contributed by atoms with van der Waals surface area (Å²) in [7, 11) is 0. The van der Waals surface area contributed by atoms with Crippen LogP contribution in [-0.4, -0.2) is 11.9 Å². The molecule has 1 fully saturated rings. The van der Waals surface area contributed by atoms with Crippen LogP contribution in [0, 0.1) is 0 Å². The van der Waals surface area contributed by atoms with Crippen molar-refractivity contribution in [2.45, 2.75) is 55.2 Å². The summed E-state index contributed by atoms with van der Waals surface area (Å²) < 4.78 is 0. The molecule has 126 valence electrons. The number of rotatable bonds is 5. The minimum absolute atomic E-state index is 0.119. The number of benzene rings is 2. The van der Waals surface area contributed by atoms with Gasteiger partial charge in [-0.3, -0.25) is 4.79 Å². The standard InChI is InChI=1S/C21H25NOS/c1-21(2,3)16-9-13-18(14-10-16)24-19(15-7-5-4-6-8-15)20(23)22-17-11-12-17/h4-10,13-14,17,19H,11-12H2,1-3H3,(H,22,23). The zero-order chi connectivity index (χ0) is 17.2. The molecule has 1 aliphatic rings. The first kappa shape index (κ1) is 17.1. The number of hydrogen-bond acceptors (Lipinski definition) is 2. The SMILES string of the molecule is CC(C)(C)c1ccc(SC(C(=O)NC2CC2)c2ccccc2)cc1. The van der Waals surface area contributed by atoms with Crippen molar-refractivity contribution in [3.8, 4) is 0 Å². The smallest absolute Gasteiger partial charge is 0.238 e. The first-order chi connectivity index (χ1) is 11.4. The zero-order valence-electron chi connectivity index (χ0n) is 14.6. The summed E-state index contributed by atoms with van der Waals surface area (Å²) >= 11 is 1.63. The lowest BCUT2D eigenvalue weighted by molar-refractivity contribution is -0.120. The lowest BCUT2D eigenvalue weighted by Crippen LogP contribution is -2.29.